The third-order valence-corrected chi connectivity index (χ3v) is 9.72. The number of benzene rings is 7. The Hall–Kier alpha value is -5.18. The molecule has 9 aromatic rings. The summed E-state index contributed by atoms with van der Waals surface area (Å²) < 4.78 is 2.67. The van der Waals surface area contributed by atoms with E-state index in [1.807, 2.05) is 11.3 Å². The quantitative estimate of drug-likeness (QED) is 0.225. The number of aromatic nitrogens is 1. The van der Waals surface area contributed by atoms with Gasteiger partial charge in [-0.2, -0.15) is 0 Å². The fraction of sp³-hybridized carbons (Fsp3) is 0. The van der Waals surface area contributed by atoms with Gasteiger partial charge in [-0.1, -0.05) is 109 Å². The Morgan fingerprint density at radius 1 is 0.405 bits per heavy atom. The molecule has 0 saturated carbocycles. The molecular formula is C40H25NS. The second-order valence-corrected chi connectivity index (χ2v) is 12.1. The smallest absolute Gasteiger partial charge is 0.0544 e. The van der Waals surface area contributed by atoms with Gasteiger partial charge in [0.1, 0.15) is 0 Å². The van der Waals surface area contributed by atoms with Gasteiger partial charge in [0.05, 0.1) is 5.52 Å². The minimum absolute atomic E-state index is 1.18. The summed E-state index contributed by atoms with van der Waals surface area (Å²) in [5.74, 6) is 0. The number of aromatic amines is 1. The van der Waals surface area contributed by atoms with Crippen LogP contribution in [0.3, 0.4) is 0 Å². The van der Waals surface area contributed by atoms with Gasteiger partial charge in [-0.3, -0.25) is 0 Å². The number of rotatable bonds is 3. The average molecular weight is 552 g/mol. The summed E-state index contributed by atoms with van der Waals surface area (Å²) in [5.41, 5.74) is 9.78. The molecule has 1 N–H and O–H groups in total. The first-order valence-corrected chi connectivity index (χ1v) is 15.2. The van der Waals surface area contributed by atoms with Crippen molar-refractivity contribution in [2.24, 2.45) is 0 Å². The van der Waals surface area contributed by atoms with E-state index >= 15 is 0 Å². The van der Waals surface area contributed by atoms with E-state index in [0.29, 0.717) is 0 Å². The minimum Gasteiger partial charge on any atom is -0.354 e. The molecule has 0 unspecified atom stereocenters. The standard InChI is InChI=1S/C40H25NS/c1-2-10-28-24-36-35(23-27(28)9-1)33-18-7-17-32(40(33)41-36)30-14-6-12-26(22-30)25-11-5-13-29(21-25)31-16-8-20-38-39(31)34-15-3-4-19-37(34)42-38/h1-24,41H. The molecule has 9 rings (SSSR count). The number of H-pyrrole nitrogens is 1. The van der Waals surface area contributed by atoms with Gasteiger partial charge >= 0.3 is 0 Å². The third kappa shape index (κ3) is 3.62. The summed E-state index contributed by atoms with van der Waals surface area (Å²) in [6.45, 7) is 0. The van der Waals surface area contributed by atoms with Crippen LogP contribution in [-0.2, 0) is 0 Å². The molecule has 196 valence electrons. The van der Waals surface area contributed by atoms with Crippen molar-refractivity contribution in [1.29, 1.82) is 0 Å². The number of fused-ring (bicyclic) bond motifs is 7. The molecule has 0 bridgehead atoms. The Morgan fingerprint density at radius 3 is 1.83 bits per heavy atom. The zero-order valence-electron chi connectivity index (χ0n) is 22.8. The van der Waals surface area contributed by atoms with Crippen LogP contribution in [0.15, 0.2) is 146 Å². The summed E-state index contributed by atoms with van der Waals surface area (Å²) in [6, 6.07) is 53.2. The molecule has 0 aliphatic heterocycles. The lowest BCUT2D eigenvalue weighted by Gasteiger charge is -2.10. The van der Waals surface area contributed by atoms with Crippen LogP contribution in [0.25, 0.3) is 86.1 Å². The van der Waals surface area contributed by atoms with Gasteiger partial charge in [0.2, 0.25) is 0 Å². The van der Waals surface area contributed by atoms with Crippen molar-refractivity contribution in [3.05, 3.63) is 146 Å². The molecule has 2 heteroatoms. The maximum absolute atomic E-state index is 3.76. The molecule has 1 nitrogen and oxygen atoms in total. The Bertz CT molecular complexity index is 2470. The van der Waals surface area contributed by atoms with Crippen molar-refractivity contribution >= 4 is 64.1 Å². The van der Waals surface area contributed by atoms with Gasteiger partial charge in [-0.05, 0) is 75.0 Å². The van der Waals surface area contributed by atoms with Gasteiger partial charge in [0, 0.05) is 42.0 Å². The monoisotopic (exact) mass is 551 g/mol. The summed E-state index contributed by atoms with van der Waals surface area (Å²) >= 11 is 1.87. The van der Waals surface area contributed by atoms with E-state index in [1.54, 1.807) is 0 Å². The largest absolute Gasteiger partial charge is 0.354 e. The average Bonchev–Trinajstić information content (AvgIpc) is 3.62. The number of nitrogens with one attached hydrogen (secondary N) is 1. The Morgan fingerprint density at radius 2 is 1.00 bits per heavy atom. The summed E-state index contributed by atoms with van der Waals surface area (Å²) in [4.78, 5) is 3.76. The lowest BCUT2D eigenvalue weighted by atomic mass is 9.94. The fourth-order valence-corrected chi connectivity index (χ4v) is 7.73. The maximum Gasteiger partial charge on any atom is 0.0544 e. The van der Waals surface area contributed by atoms with E-state index in [1.165, 1.54) is 86.1 Å². The summed E-state index contributed by atoms with van der Waals surface area (Å²) in [5, 5.41) is 7.73. The zero-order chi connectivity index (χ0) is 27.6. The van der Waals surface area contributed by atoms with E-state index in [2.05, 4.69) is 151 Å². The minimum atomic E-state index is 1.18. The molecule has 2 aromatic heterocycles. The molecular weight excluding hydrogens is 527 g/mol. The molecule has 0 spiro atoms. The number of para-hydroxylation sites is 1. The van der Waals surface area contributed by atoms with Crippen molar-refractivity contribution in [3.8, 4) is 33.4 Å². The molecule has 0 amide bonds. The highest BCUT2D eigenvalue weighted by atomic mass is 32.1. The molecule has 42 heavy (non-hydrogen) atoms. The Kier molecular flexibility index (Phi) is 5.13. The van der Waals surface area contributed by atoms with Gasteiger partial charge in [-0.25, -0.2) is 0 Å². The van der Waals surface area contributed by atoms with Gasteiger partial charge < -0.3 is 4.98 Å². The predicted octanol–water partition coefficient (Wildman–Crippen LogP) is 11.8. The lowest BCUT2D eigenvalue weighted by molar-refractivity contribution is 1.54. The summed E-state index contributed by atoms with van der Waals surface area (Å²) in [7, 11) is 0. The van der Waals surface area contributed by atoms with Crippen LogP contribution in [0.1, 0.15) is 0 Å². The molecule has 0 fully saturated rings. The number of hydrogen-bond donors (Lipinski definition) is 1. The summed E-state index contributed by atoms with van der Waals surface area (Å²) in [6.07, 6.45) is 0. The topological polar surface area (TPSA) is 15.8 Å². The fourth-order valence-electron chi connectivity index (χ4n) is 6.60. The van der Waals surface area contributed by atoms with Crippen LogP contribution < -0.4 is 0 Å². The van der Waals surface area contributed by atoms with Crippen molar-refractivity contribution in [2.45, 2.75) is 0 Å². The molecule has 7 aromatic carbocycles. The number of hydrogen-bond acceptors (Lipinski definition) is 1. The van der Waals surface area contributed by atoms with Crippen LogP contribution in [0.4, 0.5) is 0 Å². The predicted molar refractivity (Wildman–Crippen MR) is 183 cm³/mol. The van der Waals surface area contributed by atoms with Crippen LogP contribution in [0, 0.1) is 0 Å². The Balaban J connectivity index is 1.18. The first kappa shape index (κ1) is 23.5. The Labute approximate surface area is 247 Å². The van der Waals surface area contributed by atoms with Crippen molar-refractivity contribution in [2.75, 3.05) is 0 Å². The van der Waals surface area contributed by atoms with Crippen LogP contribution >= 0.6 is 11.3 Å². The molecule has 0 atom stereocenters. The normalized spacial score (nSPS) is 11.8. The first-order valence-electron chi connectivity index (χ1n) is 14.3. The molecule has 0 radical (unpaired) electrons. The van der Waals surface area contributed by atoms with Crippen molar-refractivity contribution < 1.29 is 0 Å². The SMILES string of the molecule is c1cc(-c2cccc(-c3cccc4sc5ccccc5c34)c2)cc(-c2cccc3c2[nH]c2cc4ccccc4cc23)c1. The van der Waals surface area contributed by atoms with E-state index in [9.17, 15) is 0 Å². The van der Waals surface area contributed by atoms with E-state index in [0.717, 1.165) is 0 Å². The molecule has 0 aliphatic rings. The molecule has 0 aliphatic carbocycles. The van der Waals surface area contributed by atoms with E-state index in [4.69, 9.17) is 0 Å². The highest BCUT2D eigenvalue weighted by Crippen LogP contribution is 2.41. The molecule has 0 saturated heterocycles. The first-order chi connectivity index (χ1) is 20.8. The van der Waals surface area contributed by atoms with Crippen molar-refractivity contribution in [3.63, 3.8) is 0 Å². The lowest BCUT2D eigenvalue weighted by Crippen LogP contribution is -1.85. The highest BCUT2D eigenvalue weighted by molar-refractivity contribution is 7.25. The van der Waals surface area contributed by atoms with Crippen LogP contribution in [0.2, 0.25) is 0 Å². The van der Waals surface area contributed by atoms with Gasteiger partial charge in [0.15, 0.2) is 0 Å². The van der Waals surface area contributed by atoms with Gasteiger partial charge in [0.25, 0.3) is 0 Å². The van der Waals surface area contributed by atoms with E-state index < -0.39 is 0 Å². The number of thiophene rings is 1. The van der Waals surface area contributed by atoms with Crippen LogP contribution in [-0.4, -0.2) is 4.98 Å². The maximum atomic E-state index is 3.76. The van der Waals surface area contributed by atoms with Gasteiger partial charge in [-0.15, -0.1) is 11.3 Å². The third-order valence-electron chi connectivity index (χ3n) is 8.58. The van der Waals surface area contributed by atoms with E-state index in [-0.39, 0.29) is 0 Å². The zero-order valence-corrected chi connectivity index (χ0v) is 23.6. The highest BCUT2D eigenvalue weighted by Gasteiger charge is 2.13. The second-order valence-electron chi connectivity index (χ2n) is 11.0. The van der Waals surface area contributed by atoms with Crippen molar-refractivity contribution in [1.82, 2.24) is 4.98 Å². The molecule has 2 heterocycles. The second kappa shape index (κ2) is 9.17. The van der Waals surface area contributed by atoms with Crippen LogP contribution in [0.5, 0.6) is 0 Å².